The molecular formula is C27H28N2O5S. The number of rotatable bonds is 9. The van der Waals surface area contributed by atoms with E-state index < -0.39 is 34.0 Å². The number of nitrogens with zero attached hydrogens (tertiary/aromatic N) is 1. The van der Waals surface area contributed by atoms with Gasteiger partial charge in [0.1, 0.15) is 18.7 Å². The lowest BCUT2D eigenvalue weighted by molar-refractivity contribution is -0.155. The number of likely N-dealkylation sites (tertiary alicyclic amines) is 1. The van der Waals surface area contributed by atoms with Gasteiger partial charge in [-0.3, -0.25) is 4.79 Å². The van der Waals surface area contributed by atoms with Crippen LogP contribution >= 0.6 is 0 Å². The summed E-state index contributed by atoms with van der Waals surface area (Å²) in [5.41, 5.74) is 1.67. The fourth-order valence-corrected chi connectivity index (χ4v) is 5.39. The molecule has 0 saturated carbocycles. The Morgan fingerprint density at radius 1 is 0.886 bits per heavy atom. The zero-order valence-corrected chi connectivity index (χ0v) is 20.1. The van der Waals surface area contributed by atoms with Crippen LogP contribution in [0, 0.1) is 0 Å². The average molecular weight is 493 g/mol. The first-order valence-corrected chi connectivity index (χ1v) is 13.0. The number of sulfonamides is 1. The maximum Gasteiger partial charge on any atom is 0.329 e. The second-order valence-corrected chi connectivity index (χ2v) is 10.2. The van der Waals surface area contributed by atoms with Crippen molar-refractivity contribution in [3.63, 3.8) is 0 Å². The van der Waals surface area contributed by atoms with Crippen LogP contribution in [0.5, 0.6) is 0 Å². The molecule has 0 bridgehead atoms. The number of carbonyl (C=O) groups is 2. The highest BCUT2D eigenvalue weighted by molar-refractivity contribution is 7.89. The molecule has 7 nitrogen and oxygen atoms in total. The molecule has 2 atom stereocenters. The molecule has 0 radical (unpaired) electrons. The van der Waals surface area contributed by atoms with Crippen molar-refractivity contribution < 1.29 is 22.7 Å². The van der Waals surface area contributed by atoms with Crippen molar-refractivity contribution >= 4 is 21.9 Å². The Bertz CT molecular complexity index is 1230. The first kappa shape index (κ1) is 24.6. The zero-order valence-electron chi connectivity index (χ0n) is 19.2. The Hall–Kier alpha value is -3.49. The molecule has 8 heteroatoms. The summed E-state index contributed by atoms with van der Waals surface area (Å²) in [6.45, 7) is 0.481. The van der Waals surface area contributed by atoms with Crippen LogP contribution in [0.3, 0.4) is 0 Å². The van der Waals surface area contributed by atoms with E-state index in [0.717, 1.165) is 11.1 Å². The quantitative estimate of drug-likeness (QED) is 0.463. The van der Waals surface area contributed by atoms with E-state index in [9.17, 15) is 18.0 Å². The second-order valence-electron chi connectivity index (χ2n) is 8.46. The molecule has 0 unspecified atom stereocenters. The summed E-state index contributed by atoms with van der Waals surface area (Å²) in [6.07, 6.45) is 1.28. The molecule has 1 N–H and O–H groups in total. The Morgan fingerprint density at radius 2 is 1.46 bits per heavy atom. The highest BCUT2D eigenvalue weighted by Gasteiger charge is 2.39. The van der Waals surface area contributed by atoms with Crippen LogP contribution in [0.25, 0.3) is 0 Å². The lowest BCUT2D eigenvalue weighted by atomic mass is 10.1. The van der Waals surface area contributed by atoms with Crippen LogP contribution in [0.1, 0.15) is 24.0 Å². The Kier molecular flexibility index (Phi) is 7.94. The molecule has 35 heavy (non-hydrogen) atoms. The molecule has 0 aromatic heterocycles. The number of carbonyl (C=O) groups excluding carboxylic acids is 2. The predicted molar refractivity (Wildman–Crippen MR) is 132 cm³/mol. The highest BCUT2D eigenvalue weighted by Crippen LogP contribution is 2.22. The minimum Gasteiger partial charge on any atom is -0.459 e. The van der Waals surface area contributed by atoms with E-state index in [1.54, 1.807) is 18.2 Å². The number of esters is 1. The number of amides is 1. The van der Waals surface area contributed by atoms with Gasteiger partial charge in [-0.25, -0.2) is 13.2 Å². The van der Waals surface area contributed by atoms with E-state index in [1.165, 1.54) is 17.0 Å². The molecule has 1 aliphatic heterocycles. The average Bonchev–Trinajstić information content (AvgIpc) is 3.38. The van der Waals surface area contributed by atoms with Crippen LogP contribution < -0.4 is 4.72 Å². The standard InChI is InChI=1S/C27H28N2O5S/c30-26(29-18-10-17-25(29)27(31)34-20-22-13-6-2-7-14-22)24(19-21-11-4-1-5-12-21)28-35(32,33)23-15-8-3-9-16-23/h1-9,11-16,24-25,28H,10,17-20H2/t24-,25-/m0/s1. The summed E-state index contributed by atoms with van der Waals surface area (Å²) < 4.78 is 34.2. The predicted octanol–water partition coefficient (Wildman–Crippen LogP) is 3.31. The summed E-state index contributed by atoms with van der Waals surface area (Å²) in [5, 5.41) is 0. The molecule has 182 valence electrons. The highest BCUT2D eigenvalue weighted by atomic mass is 32.2. The van der Waals surface area contributed by atoms with Crippen molar-refractivity contribution in [1.29, 1.82) is 0 Å². The van der Waals surface area contributed by atoms with E-state index in [2.05, 4.69) is 4.72 Å². The molecule has 1 amide bonds. The second kappa shape index (κ2) is 11.3. The lowest BCUT2D eigenvalue weighted by Crippen LogP contribution is -2.52. The summed E-state index contributed by atoms with van der Waals surface area (Å²) in [4.78, 5) is 28.0. The molecule has 0 spiro atoms. The minimum atomic E-state index is -3.95. The van der Waals surface area contributed by atoms with Gasteiger partial charge in [-0.1, -0.05) is 78.9 Å². The maximum absolute atomic E-state index is 13.6. The van der Waals surface area contributed by atoms with E-state index in [4.69, 9.17) is 4.74 Å². The fourth-order valence-electron chi connectivity index (χ4n) is 4.18. The molecule has 1 fully saturated rings. The number of benzene rings is 3. The van der Waals surface area contributed by atoms with Crippen LogP contribution in [-0.4, -0.2) is 43.8 Å². The topological polar surface area (TPSA) is 92.8 Å². The number of hydrogen-bond donors (Lipinski definition) is 1. The Labute approximate surface area is 205 Å². The van der Waals surface area contributed by atoms with Gasteiger partial charge in [0.15, 0.2) is 0 Å². The fraction of sp³-hybridized carbons (Fsp3) is 0.259. The van der Waals surface area contributed by atoms with Gasteiger partial charge in [-0.15, -0.1) is 0 Å². The van der Waals surface area contributed by atoms with Crippen LogP contribution in [0.15, 0.2) is 95.9 Å². The van der Waals surface area contributed by atoms with E-state index in [1.807, 2.05) is 60.7 Å². The molecule has 3 aromatic rings. The summed E-state index contributed by atoms with van der Waals surface area (Å²) >= 11 is 0. The Balaban J connectivity index is 1.52. The van der Waals surface area contributed by atoms with E-state index in [0.29, 0.717) is 19.4 Å². The van der Waals surface area contributed by atoms with Gasteiger partial charge < -0.3 is 9.64 Å². The Morgan fingerprint density at radius 3 is 2.09 bits per heavy atom. The third-order valence-corrected chi connectivity index (χ3v) is 7.45. The van der Waals surface area contributed by atoms with Gasteiger partial charge in [-0.05, 0) is 42.5 Å². The molecule has 4 rings (SSSR count). The molecule has 0 aliphatic carbocycles. The van der Waals surface area contributed by atoms with Gasteiger partial charge in [0, 0.05) is 6.54 Å². The maximum atomic E-state index is 13.6. The number of nitrogens with one attached hydrogen (secondary N) is 1. The summed E-state index contributed by atoms with van der Waals surface area (Å²) in [5.74, 6) is -0.920. The molecule has 3 aromatic carbocycles. The first-order valence-electron chi connectivity index (χ1n) is 11.6. The summed E-state index contributed by atoms with van der Waals surface area (Å²) in [7, 11) is -3.95. The lowest BCUT2D eigenvalue weighted by Gasteiger charge is -2.28. The van der Waals surface area contributed by atoms with E-state index in [-0.39, 0.29) is 17.9 Å². The van der Waals surface area contributed by atoms with Gasteiger partial charge in [-0.2, -0.15) is 4.72 Å². The van der Waals surface area contributed by atoms with Crippen molar-refractivity contribution in [2.24, 2.45) is 0 Å². The monoisotopic (exact) mass is 492 g/mol. The molecule has 1 heterocycles. The number of hydrogen-bond acceptors (Lipinski definition) is 5. The van der Waals surface area contributed by atoms with Crippen LogP contribution in [0.2, 0.25) is 0 Å². The van der Waals surface area contributed by atoms with Gasteiger partial charge in [0.25, 0.3) is 0 Å². The molecular weight excluding hydrogens is 464 g/mol. The smallest absolute Gasteiger partial charge is 0.329 e. The van der Waals surface area contributed by atoms with Crippen molar-refractivity contribution in [1.82, 2.24) is 9.62 Å². The van der Waals surface area contributed by atoms with Gasteiger partial charge in [0.2, 0.25) is 15.9 Å². The van der Waals surface area contributed by atoms with E-state index >= 15 is 0 Å². The summed E-state index contributed by atoms with van der Waals surface area (Å²) in [6, 6.07) is 24.7. The van der Waals surface area contributed by atoms with Gasteiger partial charge in [0.05, 0.1) is 4.90 Å². The first-order chi connectivity index (χ1) is 16.9. The van der Waals surface area contributed by atoms with Crippen molar-refractivity contribution in [2.45, 2.75) is 42.8 Å². The number of ether oxygens (including phenoxy) is 1. The zero-order chi connectivity index (χ0) is 24.7. The normalized spacial score (nSPS) is 16.6. The molecule has 1 aliphatic rings. The third kappa shape index (κ3) is 6.35. The van der Waals surface area contributed by atoms with Crippen molar-refractivity contribution in [2.75, 3.05) is 6.54 Å². The molecule has 1 saturated heterocycles. The van der Waals surface area contributed by atoms with Crippen LogP contribution in [-0.2, 0) is 37.4 Å². The van der Waals surface area contributed by atoms with Gasteiger partial charge >= 0.3 is 5.97 Å². The largest absolute Gasteiger partial charge is 0.459 e. The van der Waals surface area contributed by atoms with Crippen molar-refractivity contribution in [3.05, 3.63) is 102 Å². The van der Waals surface area contributed by atoms with Crippen molar-refractivity contribution in [3.8, 4) is 0 Å². The van der Waals surface area contributed by atoms with Crippen LogP contribution in [0.4, 0.5) is 0 Å². The third-order valence-electron chi connectivity index (χ3n) is 5.96. The SMILES string of the molecule is O=C(OCc1ccccc1)[C@@H]1CCCN1C(=O)[C@H](Cc1ccccc1)NS(=O)(=O)c1ccccc1. The minimum absolute atomic E-state index is 0.0751.